The molecule has 1 aromatic rings. The minimum Gasteiger partial charge on any atom is -0.308 e. The van der Waals surface area contributed by atoms with E-state index in [0.29, 0.717) is 18.8 Å². The minimum absolute atomic E-state index is 0.0633. The highest BCUT2D eigenvalue weighted by Crippen LogP contribution is 2.54. The van der Waals surface area contributed by atoms with Crippen molar-refractivity contribution in [2.75, 3.05) is 32.1 Å². The lowest BCUT2D eigenvalue weighted by Gasteiger charge is -2.24. The molecular formula is C13H16BrCl2N3O. The van der Waals surface area contributed by atoms with Crippen LogP contribution in [0.2, 0.25) is 0 Å². The van der Waals surface area contributed by atoms with E-state index in [1.165, 1.54) is 0 Å². The highest BCUT2D eigenvalue weighted by atomic mass is 79.9. The van der Waals surface area contributed by atoms with Gasteiger partial charge in [-0.3, -0.25) is 9.69 Å². The molecule has 1 heterocycles. The number of halogens is 3. The summed E-state index contributed by atoms with van der Waals surface area (Å²) in [6.07, 6.45) is 2.18. The van der Waals surface area contributed by atoms with Gasteiger partial charge in [0.15, 0.2) is 0 Å². The molecule has 1 fully saturated rings. The van der Waals surface area contributed by atoms with E-state index in [9.17, 15) is 4.79 Å². The maximum absolute atomic E-state index is 12.5. The summed E-state index contributed by atoms with van der Waals surface area (Å²) in [5, 5.41) is 0. The molecule has 2 rings (SSSR count). The van der Waals surface area contributed by atoms with Gasteiger partial charge in [-0.25, -0.2) is 4.98 Å². The SMILES string of the molecule is CN(C)CCN(C(=O)[C@@H]1CC1(Cl)Cl)c1ccc(Br)cn1. The molecular weight excluding hydrogens is 365 g/mol. The number of rotatable bonds is 5. The van der Waals surface area contributed by atoms with Crippen molar-refractivity contribution in [3.05, 3.63) is 22.8 Å². The van der Waals surface area contributed by atoms with E-state index < -0.39 is 4.33 Å². The molecule has 0 unspecified atom stereocenters. The van der Waals surface area contributed by atoms with Crippen LogP contribution in [-0.2, 0) is 4.79 Å². The number of carbonyl (C=O) groups is 1. The van der Waals surface area contributed by atoms with Crippen LogP contribution in [0.4, 0.5) is 5.82 Å². The molecule has 0 aromatic carbocycles. The molecule has 4 nitrogen and oxygen atoms in total. The lowest BCUT2D eigenvalue weighted by atomic mass is 10.3. The van der Waals surface area contributed by atoms with Crippen LogP contribution in [0, 0.1) is 5.92 Å². The quantitative estimate of drug-likeness (QED) is 0.737. The Morgan fingerprint density at radius 1 is 1.45 bits per heavy atom. The maximum atomic E-state index is 12.5. The smallest absolute Gasteiger partial charge is 0.234 e. The van der Waals surface area contributed by atoms with Gasteiger partial charge in [0.2, 0.25) is 5.91 Å². The molecule has 20 heavy (non-hydrogen) atoms. The molecule has 110 valence electrons. The first kappa shape index (κ1) is 16.0. The predicted octanol–water partition coefficient (Wildman–Crippen LogP) is 2.93. The van der Waals surface area contributed by atoms with E-state index in [2.05, 4.69) is 20.9 Å². The molecule has 0 N–H and O–H groups in total. The number of anilines is 1. The van der Waals surface area contributed by atoms with Crippen molar-refractivity contribution < 1.29 is 4.79 Å². The molecule has 1 atom stereocenters. The van der Waals surface area contributed by atoms with Gasteiger partial charge in [-0.1, -0.05) is 0 Å². The number of nitrogens with zero attached hydrogens (tertiary/aromatic N) is 3. The molecule has 0 radical (unpaired) electrons. The van der Waals surface area contributed by atoms with Crippen molar-refractivity contribution in [1.82, 2.24) is 9.88 Å². The molecule has 1 saturated carbocycles. The summed E-state index contributed by atoms with van der Waals surface area (Å²) in [7, 11) is 3.92. The van der Waals surface area contributed by atoms with Crippen molar-refractivity contribution in [3.8, 4) is 0 Å². The number of hydrogen-bond acceptors (Lipinski definition) is 3. The first-order valence-electron chi connectivity index (χ1n) is 6.27. The van der Waals surface area contributed by atoms with Crippen LogP contribution in [0.1, 0.15) is 6.42 Å². The zero-order valence-electron chi connectivity index (χ0n) is 11.3. The summed E-state index contributed by atoms with van der Waals surface area (Å²) in [5.41, 5.74) is 0. The van der Waals surface area contributed by atoms with Gasteiger partial charge in [-0.2, -0.15) is 0 Å². The second-order valence-electron chi connectivity index (χ2n) is 5.15. The van der Waals surface area contributed by atoms with E-state index in [1.807, 2.05) is 31.1 Å². The Bertz CT molecular complexity index is 493. The number of alkyl halides is 2. The van der Waals surface area contributed by atoms with Crippen LogP contribution in [-0.4, -0.2) is 47.3 Å². The Balaban J connectivity index is 2.16. The van der Waals surface area contributed by atoms with Gasteiger partial charge in [0.05, 0.1) is 5.92 Å². The number of likely N-dealkylation sites (N-methyl/N-ethyl adjacent to an activating group) is 1. The van der Waals surface area contributed by atoms with Crippen LogP contribution in [0.15, 0.2) is 22.8 Å². The van der Waals surface area contributed by atoms with Gasteiger partial charge in [0, 0.05) is 23.8 Å². The Kier molecular flexibility index (Phi) is 4.95. The van der Waals surface area contributed by atoms with E-state index in [0.717, 1.165) is 11.0 Å². The van der Waals surface area contributed by atoms with Crippen LogP contribution in [0.25, 0.3) is 0 Å². The lowest BCUT2D eigenvalue weighted by Crippen LogP contribution is -2.39. The van der Waals surface area contributed by atoms with Crippen LogP contribution in [0.3, 0.4) is 0 Å². The van der Waals surface area contributed by atoms with E-state index in [-0.39, 0.29) is 11.8 Å². The third-order valence-corrected chi connectivity index (χ3v) is 4.45. The summed E-state index contributed by atoms with van der Waals surface area (Å²) in [4.78, 5) is 20.5. The Morgan fingerprint density at radius 2 is 2.10 bits per heavy atom. The fourth-order valence-corrected chi connectivity index (χ4v) is 2.56. The Morgan fingerprint density at radius 3 is 2.55 bits per heavy atom. The van der Waals surface area contributed by atoms with Gasteiger partial charge < -0.3 is 4.90 Å². The van der Waals surface area contributed by atoms with Crippen molar-refractivity contribution in [1.29, 1.82) is 0 Å². The van der Waals surface area contributed by atoms with Gasteiger partial charge in [-0.05, 0) is 48.6 Å². The minimum atomic E-state index is -0.914. The molecule has 1 aliphatic rings. The van der Waals surface area contributed by atoms with Gasteiger partial charge in [0.1, 0.15) is 10.2 Å². The summed E-state index contributed by atoms with van der Waals surface area (Å²) in [6, 6.07) is 3.67. The first-order valence-corrected chi connectivity index (χ1v) is 7.81. The van der Waals surface area contributed by atoms with Crippen LogP contribution >= 0.6 is 39.1 Å². The second kappa shape index (κ2) is 6.18. The predicted molar refractivity (Wildman–Crippen MR) is 85.4 cm³/mol. The zero-order chi connectivity index (χ0) is 14.9. The maximum Gasteiger partial charge on any atom is 0.234 e. The molecule has 0 spiro atoms. The third-order valence-electron chi connectivity index (χ3n) is 3.15. The fourth-order valence-electron chi connectivity index (χ4n) is 1.83. The topological polar surface area (TPSA) is 36.4 Å². The van der Waals surface area contributed by atoms with E-state index in [4.69, 9.17) is 23.2 Å². The normalized spacial score (nSPS) is 20.0. The average molecular weight is 381 g/mol. The molecule has 0 aliphatic heterocycles. The number of hydrogen-bond donors (Lipinski definition) is 0. The molecule has 1 aliphatic carbocycles. The third kappa shape index (κ3) is 3.85. The molecule has 0 bridgehead atoms. The highest BCUT2D eigenvalue weighted by Gasteiger charge is 2.57. The highest BCUT2D eigenvalue weighted by molar-refractivity contribution is 9.10. The average Bonchev–Trinajstić information content (AvgIpc) is 3.00. The van der Waals surface area contributed by atoms with Crippen LogP contribution < -0.4 is 4.90 Å². The largest absolute Gasteiger partial charge is 0.308 e. The number of amides is 1. The Hall–Kier alpha value is -0.360. The molecule has 7 heteroatoms. The Labute approximate surface area is 137 Å². The molecule has 1 amide bonds. The molecule has 0 saturated heterocycles. The molecule has 1 aromatic heterocycles. The first-order chi connectivity index (χ1) is 9.31. The van der Waals surface area contributed by atoms with Crippen molar-refractivity contribution in [3.63, 3.8) is 0 Å². The summed E-state index contributed by atoms with van der Waals surface area (Å²) < 4.78 is -0.0419. The van der Waals surface area contributed by atoms with E-state index in [1.54, 1.807) is 11.1 Å². The zero-order valence-corrected chi connectivity index (χ0v) is 14.4. The number of carbonyl (C=O) groups excluding carboxylic acids is 1. The lowest BCUT2D eigenvalue weighted by molar-refractivity contribution is -0.119. The monoisotopic (exact) mass is 379 g/mol. The van der Waals surface area contributed by atoms with Crippen molar-refractivity contribution in [2.24, 2.45) is 5.92 Å². The van der Waals surface area contributed by atoms with Crippen molar-refractivity contribution >= 4 is 50.9 Å². The standard InChI is InChI=1S/C13H16BrCl2N3O/c1-18(2)5-6-19(11-4-3-9(14)8-17-11)12(20)10-7-13(10,15)16/h3-4,8,10H,5-7H2,1-2H3/t10-/m0/s1. The summed E-state index contributed by atoms with van der Waals surface area (Å²) in [6.45, 7) is 1.30. The van der Waals surface area contributed by atoms with E-state index >= 15 is 0 Å². The van der Waals surface area contributed by atoms with Gasteiger partial charge >= 0.3 is 0 Å². The van der Waals surface area contributed by atoms with Crippen molar-refractivity contribution in [2.45, 2.75) is 10.8 Å². The van der Waals surface area contributed by atoms with Gasteiger partial charge in [0.25, 0.3) is 0 Å². The second-order valence-corrected chi connectivity index (χ2v) is 7.60. The van der Waals surface area contributed by atoms with Gasteiger partial charge in [-0.15, -0.1) is 23.2 Å². The summed E-state index contributed by atoms with van der Waals surface area (Å²) in [5.74, 6) is 0.223. The number of pyridine rings is 1. The summed E-state index contributed by atoms with van der Waals surface area (Å²) >= 11 is 15.3. The van der Waals surface area contributed by atoms with Crippen LogP contribution in [0.5, 0.6) is 0 Å². The fraction of sp³-hybridized carbons (Fsp3) is 0.538. The number of aromatic nitrogens is 1.